The van der Waals surface area contributed by atoms with Gasteiger partial charge in [0.2, 0.25) is 0 Å². The van der Waals surface area contributed by atoms with Crippen LogP contribution in [0, 0.1) is 17.3 Å². The number of unbranched alkanes of at least 4 members (excludes halogenated alkanes) is 2. The van der Waals surface area contributed by atoms with E-state index < -0.39 is 18.5 Å². The lowest BCUT2D eigenvalue weighted by atomic mass is 9.55. The molecule has 42 heavy (non-hydrogen) atoms. The van der Waals surface area contributed by atoms with E-state index in [1.54, 1.807) is 0 Å². The molecular formula is C34H41F5O2S. The van der Waals surface area contributed by atoms with E-state index in [-0.39, 0.29) is 11.8 Å². The zero-order chi connectivity index (χ0) is 30.0. The number of para-hydroxylation sites is 1. The number of fused-ring (bicyclic) bond motifs is 5. The summed E-state index contributed by atoms with van der Waals surface area (Å²) in [4.78, 5) is 12.7. The van der Waals surface area contributed by atoms with Crippen LogP contribution in [0.3, 0.4) is 0 Å². The van der Waals surface area contributed by atoms with Gasteiger partial charge in [0, 0.05) is 23.8 Å². The molecule has 3 aliphatic rings. The number of alkyl halides is 5. The molecule has 0 aliphatic heterocycles. The Morgan fingerprint density at radius 2 is 1.64 bits per heavy atom. The quantitative estimate of drug-likeness (QED) is 0.177. The number of carbonyl (C=O) groups excluding carboxylic acids is 1. The molecule has 0 bridgehead atoms. The lowest BCUT2D eigenvalue weighted by Gasteiger charge is -2.48. The Labute approximate surface area is 250 Å². The van der Waals surface area contributed by atoms with Gasteiger partial charge in [-0.05, 0) is 110 Å². The second-order valence-corrected chi connectivity index (χ2v) is 13.8. The van der Waals surface area contributed by atoms with Gasteiger partial charge in [-0.3, -0.25) is 4.79 Å². The minimum absolute atomic E-state index is 0.121. The Balaban J connectivity index is 1.12. The van der Waals surface area contributed by atoms with E-state index in [9.17, 15) is 26.7 Å². The van der Waals surface area contributed by atoms with E-state index in [1.807, 2.05) is 18.2 Å². The summed E-state index contributed by atoms with van der Waals surface area (Å²) in [6.45, 7) is 2.78. The van der Waals surface area contributed by atoms with Gasteiger partial charge in [-0.1, -0.05) is 43.3 Å². The zero-order valence-corrected chi connectivity index (χ0v) is 25.1. The molecule has 2 fully saturated rings. The van der Waals surface area contributed by atoms with Gasteiger partial charge >= 0.3 is 12.1 Å². The monoisotopic (exact) mass is 608 g/mol. The standard InChI is InChI=1S/C34H41F5O2S/c1-32-19-17-26-23-10-7-11-24(25(23)13-14-27(26)29(32)15-16-31(32)40)28-9-3-4-12-30(28)41-20-5-2-6-21-42-22-8-18-33(35,36)34(37,38)39/h3-4,7,9-12,26-27,29H,2,5-6,8,13-22H2,1H3/t26-,27-,29+,32+/m1/s1. The van der Waals surface area contributed by atoms with Gasteiger partial charge in [0.05, 0.1) is 6.61 Å². The molecule has 0 unspecified atom stereocenters. The minimum Gasteiger partial charge on any atom is -0.493 e. The van der Waals surface area contributed by atoms with Crippen molar-refractivity contribution < 1.29 is 31.5 Å². The highest BCUT2D eigenvalue weighted by molar-refractivity contribution is 7.99. The zero-order valence-electron chi connectivity index (χ0n) is 24.3. The molecule has 0 radical (unpaired) electrons. The number of hydrogen-bond donors (Lipinski definition) is 0. The third kappa shape index (κ3) is 6.39. The van der Waals surface area contributed by atoms with Crippen molar-refractivity contribution in [2.75, 3.05) is 18.1 Å². The average Bonchev–Trinajstić information content (AvgIpc) is 3.27. The van der Waals surface area contributed by atoms with Crippen LogP contribution in [0.1, 0.15) is 88.2 Å². The second-order valence-electron chi connectivity index (χ2n) is 12.5. The van der Waals surface area contributed by atoms with E-state index in [0.29, 0.717) is 35.9 Å². The van der Waals surface area contributed by atoms with Gasteiger partial charge in [0.25, 0.3) is 0 Å². The molecule has 2 aromatic rings. The summed E-state index contributed by atoms with van der Waals surface area (Å²) in [6, 6.07) is 14.9. The van der Waals surface area contributed by atoms with Gasteiger partial charge in [-0.2, -0.15) is 33.7 Å². The predicted molar refractivity (Wildman–Crippen MR) is 158 cm³/mol. The molecule has 230 valence electrons. The fraction of sp³-hybridized carbons (Fsp3) is 0.618. The van der Waals surface area contributed by atoms with E-state index in [4.69, 9.17) is 4.74 Å². The van der Waals surface area contributed by atoms with Crippen molar-refractivity contribution in [1.29, 1.82) is 0 Å². The Morgan fingerprint density at radius 1 is 0.881 bits per heavy atom. The van der Waals surface area contributed by atoms with Crippen molar-refractivity contribution >= 4 is 17.5 Å². The maximum absolute atomic E-state index is 13.0. The van der Waals surface area contributed by atoms with Crippen LogP contribution in [0.25, 0.3) is 11.1 Å². The smallest absolute Gasteiger partial charge is 0.453 e. The van der Waals surface area contributed by atoms with Gasteiger partial charge < -0.3 is 4.74 Å². The van der Waals surface area contributed by atoms with E-state index in [0.717, 1.165) is 74.9 Å². The summed E-state index contributed by atoms with van der Waals surface area (Å²) >= 11 is 1.43. The first kappa shape index (κ1) is 31.3. The van der Waals surface area contributed by atoms with Crippen LogP contribution in [-0.4, -0.2) is 36.0 Å². The van der Waals surface area contributed by atoms with Crippen molar-refractivity contribution in [1.82, 2.24) is 0 Å². The van der Waals surface area contributed by atoms with E-state index in [2.05, 4.69) is 31.2 Å². The molecule has 5 rings (SSSR count). The molecule has 0 aromatic heterocycles. The second kappa shape index (κ2) is 12.9. The molecule has 4 atom stereocenters. The number of hydrogen-bond acceptors (Lipinski definition) is 3. The van der Waals surface area contributed by atoms with Crippen LogP contribution < -0.4 is 4.74 Å². The SMILES string of the molecule is C[C@]12CC[C@@H]3c4cccc(-c5ccccc5OCCCCCSCCCC(F)(F)C(F)(F)F)c4CC[C@H]3[C@@H]1CCC2=O. The molecule has 0 amide bonds. The molecule has 3 aliphatic carbocycles. The topological polar surface area (TPSA) is 26.3 Å². The van der Waals surface area contributed by atoms with Gasteiger partial charge in [-0.25, -0.2) is 0 Å². The van der Waals surface area contributed by atoms with Crippen molar-refractivity contribution in [3.63, 3.8) is 0 Å². The number of benzene rings is 2. The highest BCUT2D eigenvalue weighted by atomic mass is 32.2. The Hall–Kier alpha value is -2.09. The average molecular weight is 609 g/mol. The molecule has 0 saturated heterocycles. The largest absolute Gasteiger partial charge is 0.493 e. The highest BCUT2D eigenvalue weighted by Gasteiger charge is 2.56. The van der Waals surface area contributed by atoms with Crippen LogP contribution in [0.15, 0.2) is 42.5 Å². The molecule has 0 heterocycles. The highest BCUT2D eigenvalue weighted by Crippen LogP contribution is 2.60. The van der Waals surface area contributed by atoms with Gasteiger partial charge in [0.1, 0.15) is 11.5 Å². The lowest BCUT2D eigenvalue weighted by molar-refractivity contribution is -0.284. The summed E-state index contributed by atoms with van der Waals surface area (Å²) in [5.41, 5.74) is 5.11. The molecule has 2 aromatic carbocycles. The number of ether oxygens (including phenoxy) is 1. The van der Waals surface area contributed by atoms with Gasteiger partial charge in [-0.15, -0.1) is 0 Å². The Morgan fingerprint density at radius 3 is 2.45 bits per heavy atom. The van der Waals surface area contributed by atoms with Gasteiger partial charge in [0.15, 0.2) is 0 Å². The van der Waals surface area contributed by atoms with Crippen LogP contribution in [0.5, 0.6) is 5.75 Å². The predicted octanol–water partition coefficient (Wildman–Crippen LogP) is 10.0. The summed E-state index contributed by atoms with van der Waals surface area (Å²) in [6.07, 6.45) is 1.86. The first-order valence-electron chi connectivity index (χ1n) is 15.4. The number of thioether (sulfide) groups is 1. The van der Waals surface area contributed by atoms with E-state index in [1.165, 1.54) is 28.5 Å². The first-order chi connectivity index (χ1) is 20.0. The van der Waals surface area contributed by atoms with Crippen molar-refractivity contribution in [2.24, 2.45) is 17.3 Å². The molecule has 2 saturated carbocycles. The maximum atomic E-state index is 13.0. The molecular weight excluding hydrogens is 567 g/mol. The number of Topliss-reactive ketones (excluding diaryl/α,β-unsaturated/α-hetero) is 1. The van der Waals surface area contributed by atoms with Crippen molar-refractivity contribution in [3.8, 4) is 16.9 Å². The minimum atomic E-state index is -5.46. The normalized spacial score (nSPS) is 25.6. The molecule has 0 N–H and O–H groups in total. The fourth-order valence-electron chi connectivity index (χ4n) is 7.76. The molecule has 2 nitrogen and oxygen atoms in total. The van der Waals surface area contributed by atoms with Crippen molar-refractivity contribution in [2.45, 2.75) is 95.6 Å². The fourth-order valence-corrected chi connectivity index (χ4v) is 8.72. The number of halogens is 5. The van der Waals surface area contributed by atoms with E-state index >= 15 is 0 Å². The van der Waals surface area contributed by atoms with Crippen LogP contribution >= 0.6 is 11.8 Å². The Kier molecular flexibility index (Phi) is 9.60. The third-order valence-electron chi connectivity index (χ3n) is 10.0. The number of rotatable bonds is 12. The molecule has 8 heteroatoms. The molecule has 0 spiro atoms. The lowest BCUT2D eigenvalue weighted by Crippen LogP contribution is -2.42. The summed E-state index contributed by atoms with van der Waals surface area (Å²) < 4.78 is 68.9. The summed E-state index contributed by atoms with van der Waals surface area (Å²) in [7, 11) is 0. The third-order valence-corrected chi connectivity index (χ3v) is 11.2. The Bertz CT molecular complexity index is 1240. The summed E-state index contributed by atoms with van der Waals surface area (Å²) in [5.74, 6) is -0.607. The van der Waals surface area contributed by atoms with Crippen LogP contribution in [0.4, 0.5) is 22.0 Å². The first-order valence-corrected chi connectivity index (χ1v) is 16.6. The number of carbonyl (C=O) groups is 1. The van der Waals surface area contributed by atoms with Crippen molar-refractivity contribution in [3.05, 3.63) is 53.6 Å². The maximum Gasteiger partial charge on any atom is 0.453 e. The summed E-state index contributed by atoms with van der Waals surface area (Å²) in [5, 5.41) is 0. The number of ketones is 1. The van der Waals surface area contributed by atoms with Crippen LogP contribution in [0.2, 0.25) is 0 Å². The van der Waals surface area contributed by atoms with Crippen LogP contribution in [-0.2, 0) is 11.2 Å².